The first-order chi connectivity index (χ1) is 11.4. The Bertz CT molecular complexity index is 501. The Hall–Kier alpha value is -1.82. The van der Waals surface area contributed by atoms with Gasteiger partial charge >= 0.3 is 0 Å². The van der Waals surface area contributed by atoms with Crippen molar-refractivity contribution in [1.29, 1.82) is 0 Å². The van der Waals surface area contributed by atoms with Crippen molar-refractivity contribution in [3.63, 3.8) is 0 Å². The molecule has 24 heavy (non-hydrogen) atoms. The molecule has 3 N–H and O–H groups in total. The normalized spacial score (nSPS) is 13.5. The van der Waals surface area contributed by atoms with E-state index in [1.165, 1.54) is 12.1 Å². The van der Waals surface area contributed by atoms with Crippen molar-refractivity contribution < 1.29 is 14.2 Å². The number of guanidine groups is 1. The first kappa shape index (κ1) is 20.2. The van der Waals surface area contributed by atoms with Gasteiger partial charge in [-0.15, -0.1) is 0 Å². The van der Waals surface area contributed by atoms with Gasteiger partial charge in [0.25, 0.3) is 0 Å². The Morgan fingerprint density at radius 3 is 2.38 bits per heavy atom. The van der Waals surface area contributed by atoms with Crippen LogP contribution in [0.5, 0.6) is 5.75 Å². The second-order valence-electron chi connectivity index (χ2n) is 5.89. The fraction of sp³-hybridized carbons (Fsp3) is 0.611. The van der Waals surface area contributed by atoms with Gasteiger partial charge in [0.15, 0.2) is 5.96 Å². The third-order valence-corrected chi connectivity index (χ3v) is 3.90. The van der Waals surface area contributed by atoms with Crippen molar-refractivity contribution in [3.8, 4) is 5.75 Å². The number of nitrogens with zero attached hydrogens (tertiary/aromatic N) is 1. The topological polar surface area (TPSA) is 65.9 Å². The van der Waals surface area contributed by atoms with Gasteiger partial charge in [0.1, 0.15) is 17.7 Å². The number of ether oxygens (including phenoxy) is 1. The molecule has 0 fully saturated rings. The van der Waals surface area contributed by atoms with Crippen molar-refractivity contribution in [2.75, 3.05) is 19.6 Å². The summed E-state index contributed by atoms with van der Waals surface area (Å²) in [5, 5.41) is 16.7. The van der Waals surface area contributed by atoms with Crippen LogP contribution in [0.25, 0.3) is 0 Å². The highest BCUT2D eigenvalue weighted by Gasteiger charge is 2.21. The van der Waals surface area contributed by atoms with E-state index in [-0.39, 0.29) is 11.9 Å². The van der Waals surface area contributed by atoms with Crippen molar-refractivity contribution in [2.45, 2.75) is 52.2 Å². The van der Waals surface area contributed by atoms with Crippen molar-refractivity contribution in [3.05, 3.63) is 30.1 Å². The lowest BCUT2D eigenvalue weighted by Gasteiger charge is -2.24. The van der Waals surface area contributed by atoms with Crippen LogP contribution in [-0.4, -0.2) is 42.4 Å². The molecule has 0 aliphatic heterocycles. The molecule has 1 unspecified atom stereocenters. The Labute approximate surface area is 144 Å². The van der Waals surface area contributed by atoms with E-state index in [9.17, 15) is 9.50 Å². The van der Waals surface area contributed by atoms with E-state index < -0.39 is 5.60 Å². The quantitative estimate of drug-likeness (QED) is 0.478. The number of nitrogens with one attached hydrogen (secondary N) is 2. The summed E-state index contributed by atoms with van der Waals surface area (Å²) >= 11 is 0. The third kappa shape index (κ3) is 7.17. The first-order valence-electron chi connectivity index (χ1n) is 8.59. The molecular formula is C18H30FN3O2. The van der Waals surface area contributed by atoms with Crippen molar-refractivity contribution in [1.82, 2.24) is 10.6 Å². The van der Waals surface area contributed by atoms with Crippen LogP contribution in [-0.2, 0) is 0 Å². The lowest BCUT2D eigenvalue weighted by atomic mass is 9.98. The SMILES string of the molecule is CCNC(=NCC(O)(CC)CC)NCC(C)Oc1ccc(F)cc1. The molecule has 0 aromatic heterocycles. The molecule has 1 atom stereocenters. The summed E-state index contributed by atoms with van der Waals surface area (Å²) in [6, 6.07) is 5.95. The molecular weight excluding hydrogens is 309 g/mol. The number of aliphatic imine (C=N–C) groups is 1. The van der Waals surface area contributed by atoms with Crippen LogP contribution < -0.4 is 15.4 Å². The highest BCUT2D eigenvalue weighted by atomic mass is 19.1. The molecule has 0 radical (unpaired) electrons. The number of benzene rings is 1. The van der Waals surface area contributed by atoms with E-state index in [4.69, 9.17) is 4.74 Å². The van der Waals surface area contributed by atoms with Crippen LogP contribution in [0.4, 0.5) is 4.39 Å². The van der Waals surface area contributed by atoms with Crippen LogP contribution in [0.1, 0.15) is 40.5 Å². The second-order valence-corrected chi connectivity index (χ2v) is 5.89. The number of halogens is 1. The average Bonchev–Trinajstić information content (AvgIpc) is 2.59. The van der Waals surface area contributed by atoms with E-state index in [1.54, 1.807) is 12.1 Å². The number of hydrogen-bond acceptors (Lipinski definition) is 3. The summed E-state index contributed by atoms with van der Waals surface area (Å²) in [5.41, 5.74) is -0.765. The summed E-state index contributed by atoms with van der Waals surface area (Å²) in [4.78, 5) is 4.46. The summed E-state index contributed by atoms with van der Waals surface area (Å²) < 4.78 is 18.6. The van der Waals surface area contributed by atoms with Gasteiger partial charge in [-0.25, -0.2) is 4.39 Å². The van der Waals surface area contributed by atoms with Gasteiger partial charge in [-0.2, -0.15) is 0 Å². The van der Waals surface area contributed by atoms with Crippen LogP contribution >= 0.6 is 0 Å². The monoisotopic (exact) mass is 339 g/mol. The Morgan fingerprint density at radius 2 is 1.83 bits per heavy atom. The maximum atomic E-state index is 12.9. The smallest absolute Gasteiger partial charge is 0.191 e. The Kier molecular flexibility index (Phi) is 8.54. The first-order valence-corrected chi connectivity index (χ1v) is 8.59. The van der Waals surface area contributed by atoms with E-state index in [2.05, 4.69) is 15.6 Å². The molecule has 0 spiro atoms. The molecule has 1 aromatic carbocycles. The van der Waals surface area contributed by atoms with Crippen molar-refractivity contribution in [2.24, 2.45) is 4.99 Å². The molecule has 1 aromatic rings. The van der Waals surface area contributed by atoms with Crippen LogP contribution in [0, 0.1) is 5.82 Å². The van der Waals surface area contributed by atoms with Gasteiger partial charge in [0, 0.05) is 6.54 Å². The van der Waals surface area contributed by atoms with Gasteiger partial charge in [-0.3, -0.25) is 4.99 Å². The molecule has 0 amide bonds. The van der Waals surface area contributed by atoms with Gasteiger partial charge in [-0.05, 0) is 51.0 Å². The Balaban J connectivity index is 2.54. The van der Waals surface area contributed by atoms with Crippen LogP contribution in [0.3, 0.4) is 0 Å². The second kappa shape index (κ2) is 10.1. The Morgan fingerprint density at radius 1 is 1.21 bits per heavy atom. The lowest BCUT2D eigenvalue weighted by molar-refractivity contribution is 0.0418. The molecule has 0 aliphatic carbocycles. The van der Waals surface area contributed by atoms with E-state index in [0.29, 0.717) is 37.6 Å². The fourth-order valence-electron chi connectivity index (χ4n) is 2.07. The third-order valence-electron chi connectivity index (χ3n) is 3.90. The molecule has 0 saturated carbocycles. The predicted octanol–water partition coefficient (Wildman–Crippen LogP) is 2.70. The van der Waals surface area contributed by atoms with E-state index >= 15 is 0 Å². The van der Waals surface area contributed by atoms with Gasteiger partial charge in [0.05, 0.1) is 18.7 Å². The minimum atomic E-state index is -0.765. The molecule has 6 heteroatoms. The zero-order valence-corrected chi connectivity index (χ0v) is 15.1. The summed E-state index contributed by atoms with van der Waals surface area (Å²) in [7, 11) is 0. The van der Waals surface area contributed by atoms with Crippen molar-refractivity contribution >= 4 is 5.96 Å². The molecule has 0 saturated heterocycles. The molecule has 0 bridgehead atoms. The van der Waals surface area contributed by atoms with E-state index in [0.717, 1.165) is 6.54 Å². The van der Waals surface area contributed by atoms with Crippen LogP contribution in [0.15, 0.2) is 29.3 Å². The number of aliphatic hydroxyl groups is 1. The van der Waals surface area contributed by atoms with Gasteiger partial charge in [-0.1, -0.05) is 13.8 Å². The largest absolute Gasteiger partial charge is 0.489 e. The van der Waals surface area contributed by atoms with Gasteiger partial charge < -0.3 is 20.5 Å². The maximum Gasteiger partial charge on any atom is 0.191 e. The average molecular weight is 339 g/mol. The zero-order valence-electron chi connectivity index (χ0n) is 15.1. The highest BCUT2D eigenvalue weighted by molar-refractivity contribution is 5.79. The highest BCUT2D eigenvalue weighted by Crippen LogP contribution is 2.15. The van der Waals surface area contributed by atoms with Crippen LogP contribution in [0.2, 0.25) is 0 Å². The number of hydrogen-bond donors (Lipinski definition) is 3. The molecule has 0 heterocycles. The molecule has 1 rings (SSSR count). The van der Waals surface area contributed by atoms with E-state index in [1.807, 2.05) is 27.7 Å². The fourth-order valence-corrected chi connectivity index (χ4v) is 2.07. The maximum absolute atomic E-state index is 12.9. The lowest BCUT2D eigenvalue weighted by Crippen LogP contribution is -2.43. The molecule has 0 aliphatic rings. The summed E-state index contributed by atoms with van der Waals surface area (Å²) in [5.74, 6) is 0.986. The minimum Gasteiger partial charge on any atom is -0.489 e. The minimum absolute atomic E-state index is 0.115. The molecule has 5 nitrogen and oxygen atoms in total. The zero-order chi connectivity index (χ0) is 18.0. The number of rotatable bonds is 9. The predicted molar refractivity (Wildman–Crippen MR) is 96.0 cm³/mol. The summed E-state index contributed by atoms with van der Waals surface area (Å²) in [6.45, 7) is 9.45. The standard InChI is InChI=1S/C18H30FN3O2/c1-5-18(23,6-2)13-22-17(20-7-3)21-12-14(4)24-16-10-8-15(19)9-11-16/h8-11,14,23H,5-7,12-13H2,1-4H3,(H2,20,21,22). The van der Waals surface area contributed by atoms with Gasteiger partial charge in [0.2, 0.25) is 0 Å². The summed E-state index contributed by atoms with van der Waals surface area (Å²) in [6.07, 6.45) is 1.21. The molecule has 136 valence electrons.